The van der Waals surface area contributed by atoms with Gasteiger partial charge in [0.1, 0.15) is 18.4 Å². The molecule has 0 aliphatic carbocycles. The molecule has 1 unspecified atom stereocenters. The van der Waals surface area contributed by atoms with E-state index in [1.165, 1.54) is 29.2 Å². The van der Waals surface area contributed by atoms with Crippen molar-refractivity contribution in [2.75, 3.05) is 17.4 Å². The number of nitrogens with zero attached hydrogens (tertiary/aromatic N) is 2. The molecular weight excluding hydrogens is 601 g/mol. The van der Waals surface area contributed by atoms with Crippen molar-refractivity contribution in [3.05, 3.63) is 131 Å². The minimum atomic E-state index is -4.31. The van der Waals surface area contributed by atoms with Crippen LogP contribution in [-0.4, -0.2) is 44.3 Å². The second-order valence-corrected chi connectivity index (χ2v) is 12.6. The third kappa shape index (κ3) is 8.03. The lowest BCUT2D eigenvalue weighted by Gasteiger charge is -2.34. The fraction of sp³-hybridized carbons (Fsp3) is 0.235. The Hall–Kier alpha value is -4.21. The smallest absolute Gasteiger partial charge is 0.264 e. The molecule has 0 fully saturated rings. The van der Waals surface area contributed by atoms with Crippen molar-refractivity contribution in [2.24, 2.45) is 0 Å². The molecule has 0 heterocycles. The number of carbonyl (C=O) groups is 2. The molecule has 230 valence electrons. The lowest BCUT2D eigenvalue weighted by atomic mass is 10.0. The Bertz CT molecular complexity index is 1690. The van der Waals surface area contributed by atoms with Crippen LogP contribution in [0.25, 0.3) is 0 Å². The molecule has 4 aromatic rings. The largest absolute Gasteiger partial charge is 0.354 e. The van der Waals surface area contributed by atoms with Crippen molar-refractivity contribution in [3.63, 3.8) is 0 Å². The fourth-order valence-electron chi connectivity index (χ4n) is 4.78. The first kappa shape index (κ1) is 32.7. The van der Waals surface area contributed by atoms with E-state index in [0.717, 1.165) is 27.1 Å². The van der Waals surface area contributed by atoms with Gasteiger partial charge in [0.2, 0.25) is 11.8 Å². The first-order chi connectivity index (χ1) is 21.1. The van der Waals surface area contributed by atoms with Crippen molar-refractivity contribution >= 4 is 39.1 Å². The Morgan fingerprint density at radius 1 is 0.909 bits per heavy atom. The summed E-state index contributed by atoms with van der Waals surface area (Å²) in [7, 11) is -4.31. The zero-order chi connectivity index (χ0) is 31.7. The number of amides is 2. The average Bonchev–Trinajstić information content (AvgIpc) is 3.03. The van der Waals surface area contributed by atoms with Crippen LogP contribution in [-0.2, 0) is 32.6 Å². The van der Waals surface area contributed by atoms with E-state index in [2.05, 4.69) is 5.32 Å². The Morgan fingerprint density at radius 3 is 2.18 bits per heavy atom. The number of carbonyl (C=O) groups excluding carboxylic acids is 2. The molecule has 0 bridgehead atoms. The molecule has 0 aliphatic rings. The maximum atomic E-state index is 14.4. The summed E-state index contributed by atoms with van der Waals surface area (Å²) >= 11 is 6.06. The van der Waals surface area contributed by atoms with Gasteiger partial charge in [0.05, 0.1) is 15.6 Å². The van der Waals surface area contributed by atoms with Gasteiger partial charge in [-0.05, 0) is 60.4 Å². The summed E-state index contributed by atoms with van der Waals surface area (Å²) < 4.78 is 43.0. The van der Waals surface area contributed by atoms with Crippen LogP contribution in [0.5, 0.6) is 0 Å². The molecule has 44 heavy (non-hydrogen) atoms. The van der Waals surface area contributed by atoms with Gasteiger partial charge in [0.15, 0.2) is 0 Å². The molecule has 2 amide bonds. The number of hydrogen-bond donors (Lipinski definition) is 1. The van der Waals surface area contributed by atoms with Crippen molar-refractivity contribution in [2.45, 2.75) is 44.2 Å². The van der Waals surface area contributed by atoms with Gasteiger partial charge in [0, 0.05) is 19.5 Å². The summed E-state index contributed by atoms with van der Waals surface area (Å²) in [6.07, 6.45) is 0.909. The van der Waals surface area contributed by atoms with Crippen LogP contribution in [0.4, 0.5) is 10.1 Å². The minimum Gasteiger partial charge on any atom is -0.354 e. The fourth-order valence-corrected chi connectivity index (χ4v) is 6.38. The van der Waals surface area contributed by atoms with Gasteiger partial charge in [-0.2, -0.15) is 0 Å². The summed E-state index contributed by atoms with van der Waals surface area (Å²) in [4.78, 5) is 29.5. The molecule has 1 N–H and O–H groups in total. The van der Waals surface area contributed by atoms with Crippen LogP contribution in [0.3, 0.4) is 0 Å². The molecule has 1 atom stereocenters. The summed E-state index contributed by atoms with van der Waals surface area (Å²) in [5.41, 5.74) is 2.58. The van der Waals surface area contributed by atoms with Gasteiger partial charge in [-0.25, -0.2) is 12.8 Å². The monoisotopic (exact) mass is 635 g/mol. The molecule has 0 aliphatic heterocycles. The van der Waals surface area contributed by atoms with E-state index in [4.69, 9.17) is 11.6 Å². The predicted molar refractivity (Wildman–Crippen MR) is 171 cm³/mol. The highest BCUT2D eigenvalue weighted by Gasteiger charge is 2.35. The van der Waals surface area contributed by atoms with Crippen LogP contribution in [0.1, 0.15) is 30.0 Å². The summed E-state index contributed by atoms with van der Waals surface area (Å²) in [5, 5.41) is 2.63. The van der Waals surface area contributed by atoms with Crippen molar-refractivity contribution in [3.8, 4) is 0 Å². The van der Waals surface area contributed by atoms with Crippen LogP contribution >= 0.6 is 11.6 Å². The summed E-state index contributed by atoms with van der Waals surface area (Å²) in [5.74, 6) is -1.68. The summed E-state index contributed by atoms with van der Waals surface area (Å²) in [6, 6.07) is 27.0. The molecule has 0 aromatic heterocycles. The number of benzene rings is 4. The number of halogens is 2. The van der Waals surface area contributed by atoms with Crippen LogP contribution in [0.2, 0.25) is 5.02 Å². The third-order valence-electron chi connectivity index (χ3n) is 7.22. The maximum Gasteiger partial charge on any atom is 0.264 e. The topological polar surface area (TPSA) is 86.8 Å². The van der Waals surface area contributed by atoms with E-state index in [0.29, 0.717) is 13.0 Å². The number of hydrogen-bond acceptors (Lipinski definition) is 4. The SMILES string of the molecule is CCCNC(=O)C(Cc1ccccc1)N(Cc1ccccc1C)C(=O)CN(c1ccc(F)c(Cl)c1)S(=O)(=O)c1ccccc1. The number of anilines is 1. The third-order valence-corrected chi connectivity index (χ3v) is 9.30. The number of sulfonamides is 1. The highest BCUT2D eigenvalue weighted by molar-refractivity contribution is 7.92. The van der Waals surface area contributed by atoms with E-state index < -0.39 is 34.3 Å². The second-order valence-electron chi connectivity index (χ2n) is 10.4. The van der Waals surface area contributed by atoms with E-state index in [9.17, 15) is 22.4 Å². The van der Waals surface area contributed by atoms with Crippen LogP contribution in [0, 0.1) is 12.7 Å². The van der Waals surface area contributed by atoms with Gasteiger partial charge < -0.3 is 10.2 Å². The normalized spacial score (nSPS) is 11.9. The maximum absolute atomic E-state index is 14.4. The van der Waals surface area contributed by atoms with Crippen molar-refractivity contribution < 1.29 is 22.4 Å². The lowest BCUT2D eigenvalue weighted by molar-refractivity contribution is -0.140. The molecule has 0 spiro atoms. The van der Waals surface area contributed by atoms with Crippen LogP contribution < -0.4 is 9.62 Å². The highest BCUT2D eigenvalue weighted by atomic mass is 35.5. The Labute approximate surface area is 263 Å². The molecule has 0 saturated heterocycles. The number of nitrogens with one attached hydrogen (secondary N) is 1. The Kier molecular flexibility index (Phi) is 11.1. The zero-order valence-electron chi connectivity index (χ0n) is 24.6. The average molecular weight is 636 g/mol. The number of rotatable bonds is 13. The molecule has 10 heteroatoms. The molecule has 7 nitrogen and oxygen atoms in total. The lowest BCUT2D eigenvalue weighted by Crippen LogP contribution is -2.53. The van der Waals surface area contributed by atoms with Crippen molar-refractivity contribution in [1.82, 2.24) is 10.2 Å². The van der Waals surface area contributed by atoms with Gasteiger partial charge in [0.25, 0.3) is 10.0 Å². The van der Waals surface area contributed by atoms with E-state index in [1.807, 2.05) is 68.4 Å². The molecule has 4 rings (SSSR count). The van der Waals surface area contributed by atoms with Crippen LogP contribution in [0.15, 0.2) is 108 Å². The van der Waals surface area contributed by atoms with E-state index in [-0.39, 0.29) is 34.5 Å². The van der Waals surface area contributed by atoms with Gasteiger partial charge in [-0.1, -0.05) is 91.3 Å². The molecule has 0 saturated carbocycles. The second kappa shape index (κ2) is 15.0. The Balaban J connectivity index is 1.81. The quantitative estimate of drug-likeness (QED) is 0.191. The predicted octanol–water partition coefficient (Wildman–Crippen LogP) is 6.15. The van der Waals surface area contributed by atoms with E-state index >= 15 is 0 Å². The standard InChI is InChI=1S/C34H35ClFN3O4S/c1-3-20-37-34(41)32(21-26-13-6-4-7-14-26)38(23-27-15-11-10-12-25(27)2)33(40)24-39(28-18-19-31(36)30(35)22-28)44(42,43)29-16-8-5-9-17-29/h4-19,22,32H,3,20-21,23-24H2,1-2H3,(H,37,41). The summed E-state index contributed by atoms with van der Waals surface area (Å²) in [6.45, 7) is 3.67. The van der Waals surface area contributed by atoms with Gasteiger partial charge >= 0.3 is 0 Å². The highest BCUT2D eigenvalue weighted by Crippen LogP contribution is 2.28. The molecule has 4 aromatic carbocycles. The molecule has 0 radical (unpaired) electrons. The zero-order valence-corrected chi connectivity index (χ0v) is 26.2. The van der Waals surface area contributed by atoms with Gasteiger partial charge in [-0.3, -0.25) is 13.9 Å². The first-order valence-electron chi connectivity index (χ1n) is 14.3. The van der Waals surface area contributed by atoms with Crippen molar-refractivity contribution in [1.29, 1.82) is 0 Å². The number of aryl methyl sites for hydroxylation is 1. The minimum absolute atomic E-state index is 0.0134. The molecular formula is C34H35ClFN3O4S. The van der Waals surface area contributed by atoms with Gasteiger partial charge in [-0.15, -0.1) is 0 Å². The van der Waals surface area contributed by atoms with E-state index in [1.54, 1.807) is 18.2 Å². The first-order valence-corrected chi connectivity index (χ1v) is 16.1. The Morgan fingerprint density at radius 2 is 1.55 bits per heavy atom.